The van der Waals surface area contributed by atoms with Crippen LogP contribution in [0.1, 0.15) is 22.8 Å². The highest BCUT2D eigenvalue weighted by molar-refractivity contribution is 6.01. The van der Waals surface area contributed by atoms with Crippen LogP contribution in [0.2, 0.25) is 0 Å². The number of carbonyl (C=O) groups excluding carboxylic acids is 2. The van der Waals surface area contributed by atoms with Gasteiger partial charge in [-0.25, -0.2) is 9.78 Å². The van der Waals surface area contributed by atoms with Gasteiger partial charge in [-0.15, -0.1) is 0 Å². The first-order chi connectivity index (χ1) is 13.0. The minimum absolute atomic E-state index is 0.313. The summed E-state index contributed by atoms with van der Waals surface area (Å²) in [5, 5.41) is 7.22. The summed E-state index contributed by atoms with van der Waals surface area (Å²) in [6.45, 7) is 2.74. The van der Waals surface area contributed by atoms with Crippen LogP contribution in [0, 0.1) is 0 Å². The Morgan fingerprint density at radius 2 is 1.81 bits per heavy atom. The molecule has 0 aliphatic rings. The van der Waals surface area contributed by atoms with Crippen LogP contribution in [-0.2, 0) is 6.54 Å². The van der Waals surface area contributed by atoms with Crippen LogP contribution in [0.3, 0.4) is 0 Å². The van der Waals surface area contributed by atoms with Gasteiger partial charge in [0.25, 0.3) is 0 Å². The number of benzene rings is 2. The maximum absolute atomic E-state index is 11.8. The van der Waals surface area contributed by atoms with E-state index in [-0.39, 0.29) is 6.03 Å². The van der Waals surface area contributed by atoms with Gasteiger partial charge < -0.3 is 16.8 Å². The number of amides is 3. The number of carbonyl (C=O) groups is 2. The van der Waals surface area contributed by atoms with E-state index in [0.29, 0.717) is 24.5 Å². The smallest absolute Gasteiger partial charge is 0.320 e. The largest absolute Gasteiger partial charge is 0.366 e. The molecule has 7 heteroatoms. The molecule has 0 unspecified atom stereocenters. The third kappa shape index (κ3) is 3.88. The van der Waals surface area contributed by atoms with E-state index < -0.39 is 5.91 Å². The SMILES string of the molecule is CCNC(=O)Nc1cc2c(-c3ccc(C(N)=O)cc3)ccc(CN)c2cn1. The summed E-state index contributed by atoms with van der Waals surface area (Å²) < 4.78 is 0. The van der Waals surface area contributed by atoms with Crippen molar-refractivity contribution in [1.82, 2.24) is 10.3 Å². The number of hydrogen-bond acceptors (Lipinski definition) is 4. The summed E-state index contributed by atoms with van der Waals surface area (Å²) in [5.74, 6) is -0.0276. The predicted molar refractivity (Wildman–Crippen MR) is 106 cm³/mol. The van der Waals surface area contributed by atoms with E-state index in [0.717, 1.165) is 27.5 Å². The first-order valence-electron chi connectivity index (χ1n) is 8.60. The van der Waals surface area contributed by atoms with Crippen molar-refractivity contribution in [3.63, 3.8) is 0 Å². The molecule has 2 aromatic carbocycles. The summed E-state index contributed by atoms with van der Waals surface area (Å²) in [7, 11) is 0. The van der Waals surface area contributed by atoms with Gasteiger partial charge in [-0.3, -0.25) is 10.1 Å². The summed E-state index contributed by atoms with van der Waals surface area (Å²) >= 11 is 0. The molecule has 1 heterocycles. The van der Waals surface area contributed by atoms with Crippen molar-refractivity contribution < 1.29 is 9.59 Å². The highest BCUT2D eigenvalue weighted by Gasteiger charge is 2.11. The van der Waals surface area contributed by atoms with Gasteiger partial charge in [0.2, 0.25) is 5.91 Å². The fourth-order valence-electron chi connectivity index (χ4n) is 2.93. The monoisotopic (exact) mass is 363 g/mol. The van der Waals surface area contributed by atoms with Gasteiger partial charge in [0.15, 0.2) is 0 Å². The Balaban J connectivity index is 2.10. The lowest BCUT2D eigenvalue weighted by atomic mass is 9.95. The second kappa shape index (κ2) is 7.84. The molecule has 27 heavy (non-hydrogen) atoms. The molecule has 0 spiro atoms. The zero-order chi connectivity index (χ0) is 19.4. The first kappa shape index (κ1) is 18.3. The van der Waals surface area contributed by atoms with Gasteiger partial charge in [-0.05, 0) is 47.2 Å². The lowest BCUT2D eigenvalue weighted by molar-refractivity contribution is 0.100. The number of nitrogens with zero attached hydrogens (tertiary/aromatic N) is 1. The summed E-state index contributed by atoms with van der Waals surface area (Å²) in [5.41, 5.74) is 14.4. The van der Waals surface area contributed by atoms with Gasteiger partial charge in [-0.2, -0.15) is 0 Å². The fourth-order valence-corrected chi connectivity index (χ4v) is 2.93. The molecule has 3 rings (SSSR count). The molecular weight excluding hydrogens is 342 g/mol. The number of nitrogens with one attached hydrogen (secondary N) is 2. The van der Waals surface area contributed by atoms with E-state index in [9.17, 15) is 9.59 Å². The molecule has 3 amide bonds. The van der Waals surface area contributed by atoms with Gasteiger partial charge in [0.1, 0.15) is 5.82 Å². The van der Waals surface area contributed by atoms with Crippen LogP contribution < -0.4 is 22.1 Å². The Morgan fingerprint density at radius 1 is 1.07 bits per heavy atom. The molecule has 1 aromatic heterocycles. The molecule has 0 fully saturated rings. The second-order valence-corrected chi connectivity index (χ2v) is 6.02. The number of aromatic nitrogens is 1. The van der Waals surface area contributed by atoms with Crippen LogP contribution in [0.5, 0.6) is 0 Å². The lowest BCUT2D eigenvalue weighted by Gasteiger charge is -2.13. The molecule has 0 bridgehead atoms. The quantitative estimate of drug-likeness (QED) is 0.556. The van der Waals surface area contributed by atoms with Crippen molar-refractivity contribution in [3.05, 3.63) is 59.8 Å². The van der Waals surface area contributed by atoms with Crippen molar-refractivity contribution in [2.75, 3.05) is 11.9 Å². The molecule has 0 saturated carbocycles. The van der Waals surface area contributed by atoms with Crippen LogP contribution in [0.25, 0.3) is 21.9 Å². The highest BCUT2D eigenvalue weighted by atomic mass is 16.2. The van der Waals surface area contributed by atoms with Crippen LogP contribution in [-0.4, -0.2) is 23.5 Å². The number of nitrogens with two attached hydrogens (primary N) is 2. The maximum Gasteiger partial charge on any atom is 0.320 e. The van der Waals surface area contributed by atoms with Crippen molar-refractivity contribution in [2.45, 2.75) is 13.5 Å². The maximum atomic E-state index is 11.8. The molecule has 0 saturated heterocycles. The number of primary amides is 1. The number of pyridine rings is 1. The molecule has 0 atom stereocenters. The van der Waals surface area contributed by atoms with E-state index >= 15 is 0 Å². The Kier molecular flexibility index (Phi) is 5.33. The van der Waals surface area contributed by atoms with Crippen LogP contribution in [0.4, 0.5) is 10.6 Å². The number of fused-ring (bicyclic) bond motifs is 1. The number of hydrogen-bond donors (Lipinski definition) is 4. The van der Waals surface area contributed by atoms with E-state index in [4.69, 9.17) is 11.5 Å². The average Bonchev–Trinajstić information content (AvgIpc) is 2.67. The zero-order valence-electron chi connectivity index (χ0n) is 15.0. The Labute approximate surface area is 156 Å². The Hall–Kier alpha value is -3.45. The summed E-state index contributed by atoms with van der Waals surface area (Å²) in [6.07, 6.45) is 1.71. The average molecular weight is 363 g/mol. The Morgan fingerprint density at radius 3 is 2.44 bits per heavy atom. The van der Waals surface area contributed by atoms with E-state index in [1.807, 2.05) is 37.3 Å². The van der Waals surface area contributed by atoms with Crippen molar-refractivity contribution in [3.8, 4) is 11.1 Å². The van der Waals surface area contributed by atoms with Gasteiger partial charge >= 0.3 is 6.03 Å². The minimum atomic E-state index is -0.470. The normalized spacial score (nSPS) is 10.6. The van der Waals surface area contributed by atoms with Gasteiger partial charge in [0, 0.05) is 30.2 Å². The number of urea groups is 1. The standard InChI is InChI=1S/C20H21N5O2/c1-2-23-20(27)25-18-9-16-15(8-7-14(10-21)17(16)11-24-18)12-3-5-13(6-4-12)19(22)26/h3-9,11H,2,10,21H2,1H3,(H2,22,26)(H2,23,24,25,27). The van der Waals surface area contributed by atoms with Gasteiger partial charge in [-0.1, -0.05) is 24.3 Å². The van der Waals surface area contributed by atoms with Crippen LogP contribution >= 0.6 is 0 Å². The highest BCUT2D eigenvalue weighted by Crippen LogP contribution is 2.32. The zero-order valence-corrected chi connectivity index (χ0v) is 15.0. The van der Waals surface area contributed by atoms with Gasteiger partial charge in [0.05, 0.1) is 0 Å². The molecule has 6 N–H and O–H groups in total. The van der Waals surface area contributed by atoms with E-state index in [1.165, 1.54) is 0 Å². The topological polar surface area (TPSA) is 123 Å². The summed E-state index contributed by atoms with van der Waals surface area (Å²) in [4.78, 5) is 27.4. The lowest BCUT2D eigenvalue weighted by Crippen LogP contribution is -2.28. The molecular formula is C20H21N5O2. The first-order valence-corrected chi connectivity index (χ1v) is 8.60. The molecule has 138 valence electrons. The van der Waals surface area contributed by atoms with Crippen molar-refractivity contribution >= 4 is 28.5 Å². The third-order valence-electron chi connectivity index (χ3n) is 4.27. The van der Waals surface area contributed by atoms with E-state index in [2.05, 4.69) is 15.6 Å². The molecule has 3 aromatic rings. The number of rotatable bonds is 5. The van der Waals surface area contributed by atoms with E-state index in [1.54, 1.807) is 18.3 Å². The number of anilines is 1. The fraction of sp³-hybridized carbons (Fsp3) is 0.150. The molecule has 0 aliphatic heterocycles. The second-order valence-electron chi connectivity index (χ2n) is 6.02. The Bertz CT molecular complexity index is 999. The van der Waals surface area contributed by atoms with Crippen LogP contribution in [0.15, 0.2) is 48.7 Å². The molecule has 0 radical (unpaired) electrons. The van der Waals surface area contributed by atoms with Crippen molar-refractivity contribution in [2.24, 2.45) is 11.5 Å². The third-order valence-corrected chi connectivity index (χ3v) is 4.27. The summed E-state index contributed by atoms with van der Waals surface area (Å²) in [6, 6.07) is 12.5. The predicted octanol–water partition coefficient (Wildman–Crippen LogP) is 2.60. The molecule has 0 aliphatic carbocycles. The minimum Gasteiger partial charge on any atom is -0.366 e. The molecule has 7 nitrogen and oxygen atoms in total. The van der Waals surface area contributed by atoms with Crippen molar-refractivity contribution in [1.29, 1.82) is 0 Å².